The predicted octanol–water partition coefficient (Wildman–Crippen LogP) is 1.83. The molecule has 0 aliphatic rings. The zero-order chi connectivity index (χ0) is 13.0. The minimum atomic E-state index is -0.315. The maximum atomic E-state index is 11.6. The van der Waals surface area contributed by atoms with Crippen LogP contribution in [0.3, 0.4) is 0 Å². The number of hydrogen-bond donors (Lipinski definition) is 1. The molecule has 0 fully saturated rings. The fourth-order valence-corrected chi connectivity index (χ4v) is 2.36. The van der Waals surface area contributed by atoms with Crippen LogP contribution in [0.5, 0.6) is 0 Å². The van der Waals surface area contributed by atoms with Gasteiger partial charge in [0.25, 0.3) is 0 Å². The van der Waals surface area contributed by atoms with Crippen LogP contribution in [-0.4, -0.2) is 15.7 Å². The van der Waals surface area contributed by atoms with Crippen molar-refractivity contribution in [2.75, 3.05) is 5.73 Å². The minimum Gasteiger partial charge on any atom is -0.459 e. The van der Waals surface area contributed by atoms with Crippen molar-refractivity contribution in [1.82, 2.24) is 9.78 Å². The number of nitrogens with two attached hydrogens (primary N) is 1. The van der Waals surface area contributed by atoms with Crippen LogP contribution >= 0.6 is 11.3 Å². The van der Waals surface area contributed by atoms with E-state index in [0.29, 0.717) is 12.4 Å². The molecule has 96 valence electrons. The van der Waals surface area contributed by atoms with Crippen LogP contribution < -0.4 is 5.73 Å². The van der Waals surface area contributed by atoms with Crippen molar-refractivity contribution < 1.29 is 9.53 Å². The van der Waals surface area contributed by atoms with Crippen molar-refractivity contribution in [2.45, 2.75) is 26.5 Å². The van der Waals surface area contributed by atoms with E-state index in [9.17, 15) is 4.79 Å². The Kier molecular flexibility index (Phi) is 3.99. The maximum Gasteiger partial charge on any atom is 0.328 e. The van der Waals surface area contributed by atoms with Gasteiger partial charge in [-0.15, -0.1) is 11.3 Å². The SMILES string of the molecule is CCc1ccc(COC(=O)Cn2ccc(N)n2)s1. The maximum absolute atomic E-state index is 11.6. The second-order valence-corrected chi connectivity index (χ2v) is 5.07. The Labute approximate surface area is 109 Å². The molecule has 2 aromatic rings. The normalized spacial score (nSPS) is 10.5. The van der Waals surface area contributed by atoms with Gasteiger partial charge in [0.05, 0.1) is 0 Å². The van der Waals surface area contributed by atoms with Gasteiger partial charge in [0, 0.05) is 16.0 Å². The second-order valence-electron chi connectivity index (χ2n) is 3.82. The Morgan fingerprint density at radius 1 is 1.44 bits per heavy atom. The number of ether oxygens (including phenoxy) is 1. The average Bonchev–Trinajstić information content (AvgIpc) is 2.95. The highest BCUT2D eigenvalue weighted by molar-refractivity contribution is 7.11. The molecule has 2 heterocycles. The van der Waals surface area contributed by atoms with Crippen molar-refractivity contribution in [3.8, 4) is 0 Å². The highest BCUT2D eigenvalue weighted by Crippen LogP contribution is 2.17. The third kappa shape index (κ3) is 3.33. The second kappa shape index (κ2) is 5.68. The van der Waals surface area contributed by atoms with Gasteiger partial charge in [-0.1, -0.05) is 6.92 Å². The molecule has 0 radical (unpaired) electrons. The van der Waals surface area contributed by atoms with Gasteiger partial charge in [0.2, 0.25) is 0 Å². The van der Waals surface area contributed by atoms with Gasteiger partial charge in [0.1, 0.15) is 19.0 Å². The molecular weight excluding hydrogens is 250 g/mol. The van der Waals surface area contributed by atoms with Crippen LogP contribution in [0.4, 0.5) is 5.82 Å². The van der Waals surface area contributed by atoms with E-state index in [1.807, 2.05) is 6.07 Å². The van der Waals surface area contributed by atoms with E-state index in [2.05, 4.69) is 18.1 Å². The first-order valence-electron chi connectivity index (χ1n) is 5.69. The van der Waals surface area contributed by atoms with E-state index < -0.39 is 0 Å². The molecule has 0 aromatic carbocycles. The summed E-state index contributed by atoms with van der Waals surface area (Å²) in [5.74, 6) is 0.0817. The van der Waals surface area contributed by atoms with Crippen LogP contribution in [0.15, 0.2) is 24.4 Å². The molecule has 0 saturated carbocycles. The first-order chi connectivity index (χ1) is 8.67. The number of nitrogen functional groups attached to an aromatic ring is 1. The van der Waals surface area contributed by atoms with Gasteiger partial charge in [0.15, 0.2) is 0 Å². The van der Waals surface area contributed by atoms with Crippen molar-refractivity contribution in [1.29, 1.82) is 0 Å². The molecule has 0 unspecified atom stereocenters. The van der Waals surface area contributed by atoms with Gasteiger partial charge >= 0.3 is 5.97 Å². The molecule has 2 N–H and O–H groups in total. The van der Waals surface area contributed by atoms with E-state index >= 15 is 0 Å². The number of nitrogens with zero attached hydrogens (tertiary/aromatic N) is 2. The first kappa shape index (κ1) is 12.6. The predicted molar refractivity (Wildman–Crippen MR) is 70.1 cm³/mol. The molecule has 0 spiro atoms. The Hall–Kier alpha value is -1.82. The van der Waals surface area contributed by atoms with Gasteiger partial charge in [-0.2, -0.15) is 5.10 Å². The quantitative estimate of drug-likeness (QED) is 0.837. The molecule has 5 nitrogen and oxygen atoms in total. The summed E-state index contributed by atoms with van der Waals surface area (Å²) in [5, 5.41) is 3.92. The lowest BCUT2D eigenvalue weighted by molar-refractivity contribution is -0.145. The first-order valence-corrected chi connectivity index (χ1v) is 6.51. The van der Waals surface area contributed by atoms with E-state index in [-0.39, 0.29) is 12.5 Å². The van der Waals surface area contributed by atoms with Gasteiger partial charge < -0.3 is 10.5 Å². The number of rotatable bonds is 5. The lowest BCUT2D eigenvalue weighted by Gasteiger charge is -2.03. The number of aryl methyl sites for hydroxylation is 1. The monoisotopic (exact) mass is 265 g/mol. The molecule has 0 aliphatic heterocycles. The summed E-state index contributed by atoms with van der Waals surface area (Å²) in [5.41, 5.74) is 5.46. The molecule has 2 rings (SSSR count). The summed E-state index contributed by atoms with van der Waals surface area (Å²) in [7, 11) is 0. The zero-order valence-electron chi connectivity index (χ0n) is 10.1. The molecule has 0 aliphatic carbocycles. The highest BCUT2D eigenvalue weighted by Gasteiger charge is 2.07. The molecule has 6 heteroatoms. The average molecular weight is 265 g/mol. The Bertz CT molecular complexity index is 533. The third-order valence-electron chi connectivity index (χ3n) is 2.39. The smallest absolute Gasteiger partial charge is 0.328 e. The van der Waals surface area contributed by atoms with Crippen LogP contribution in [0.1, 0.15) is 16.7 Å². The summed E-state index contributed by atoms with van der Waals surface area (Å²) >= 11 is 1.67. The number of aromatic nitrogens is 2. The Balaban J connectivity index is 1.81. The summed E-state index contributed by atoms with van der Waals surface area (Å²) in [6, 6.07) is 5.69. The molecule has 0 saturated heterocycles. The number of hydrogen-bond acceptors (Lipinski definition) is 5. The Morgan fingerprint density at radius 3 is 2.83 bits per heavy atom. The van der Waals surface area contributed by atoms with Crippen LogP contribution in [0.25, 0.3) is 0 Å². The van der Waals surface area contributed by atoms with Crippen LogP contribution in [0, 0.1) is 0 Å². The lowest BCUT2D eigenvalue weighted by Crippen LogP contribution is -2.13. The van der Waals surface area contributed by atoms with Gasteiger partial charge in [-0.3, -0.25) is 9.48 Å². The van der Waals surface area contributed by atoms with E-state index in [4.69, 9.17) is 10.5 Å². The van der Waals surface area contributed by atoms with Crippen LogP contribution in [-0.2, 0) is 29.1 Å². The van der Waals surface area contributed by atoms with Crippen molar-refractivity contribution in [2.24, 2.45) is 0 Å². The molecule has 18 heavy (non-hydrogen) atoms. The van der Waals surface area contributed by atoms with E-state index in [1.54, 1.807) is 23.6 Å². The third-order valence-corrected chi connectivity index (χ3v) is 3.60. The van der Waals surface area contributed by atoms with Crippen molar-refractivity contribution in [3.63, 3.8) is 0 Å². The van der Waals surface area contributed by atoms with Gasteiger partial charge in [-0.05, 0) is 24.6 Å². The topological polar surface area (TPSA) is 70.1 Å². The molecule has 0 atom stereocenters. The number of anilines is 1. The number of carbonyl (C=O) groups is 1. The highest BCUT2D eigenvalue weighted by atomic mass is 32.1. The van der Waals surface area contributed by atoms with E-state index in [0.717, 1.165) is 11.3 Å². The van der Waals surface area contributed by atoms with E-state index in [1.165, 1.54) is 9.56 Å². The summed E-state index contributed by atoms with van der Waals surface area (Å²) in [6.07, 6.45) is 2.65. The standard InChI is InChI=1S/C12H15N3O2S/c1-2-9-3-4-10(18-9)8-17-12(16)7-15-6-5-11(13)14-15/h3-6H,2,7-8H2,1H3,(H2,13,14). The number of thiophene rings is 1. The molecule has 0 bridgehead atoms. The largest absolute Gasteiger partial charge is 0.459 e. The fraction of sp³-hybridized carbons (Fsp3) is 0.333. The van der Waals surface area contributed by atoms with Crippen LogP contribution in [0.2, 0.25) is 0 Å². The molecular formula is C12H15N3O2S. The lowest BCUT2D eigenvalue weighted by atomic mass is 10.4. The molecule has 0 amide bonds. The fourth-order valence-electron chi connectivity index (χ4n) is 1.48. The summed E-state index contributed by atoms with van der Waals surface area (Å²) < 4.78 is 6.63. The Morgan fingerprint density at radius 2 is 2.22 bits per heavy atom. The van der Waals surface area contributed by atoms with Crippen molar-refractivity contribution in [3.05, 3.63) is 34.2 Å². The number of esters is 1. The van der Waals surface area contributed by atoms with Crippen molar-refractivity contribution >= 4 is 23.1 Å². The van der Waals surface area contributed by atoms with Gasteiger partial charge in [-0.25, -0.2) is 0 Å². The zero-order valence-corrected chi connectivity index (χ0v) is 10.9. The number of carbonyl (C=O) groups excluding carboxylic acids is 1. The molecule has 2 aromatic heterocycles. The minimum absolute atomic E-state index is 0.0865. The summed E-state index contributed by atoms with van der Waals surface area (Å²) in [4.78, 5) is 13.9. The summed E-state index contributed by atoms with van der Waals surface area (Å²) in [6.45, 7) is 2.51.